The predicted molar refractivity (Wildman–Crippen MR) is 101 cm³/mol. The van der Waals surface area contributed by atoms with Gasteiger partial charge in [-0.05, 0) is 42.8 Å². The molecule has 0 fully saturated rings. The van der Waals surface area contributed by atoms with Gasteiger partial charge in [-0.15, -0.1) is 0 Å². The molecule has 140 valence electrons. The van der Waals surface area contributed by atoms with Crippen molar-refractivity contribution in [3.63, 3.8) is 0 Å². The molecule has 27 heavy (non-hydrogen) atoms. The van der Waals surface area contributed by atoms with Crippen molar-refractivity contribution in [2.24, 2.45) is 0 Å². The smallest absolute Gasteiger partial charge is 0.339 e. The molecule has 1 heterocycles. The Labute approximate surface area is 158 Å². The summed E-state index contributed by atoms with van der Waals surface area (Å²) in [5.74, 6) is 0.739. The molecule has 0 saturated carbocycles. The van der Waals surface area contributed by atoms with Crippen LogP contribution in [0, 0.1) is 6.92 Å². The van der Waals surface area contributed by atoms with E-state index in [4.69, 9.17) is 8.92 Å². The van der Waals surface area contributed by atoms with Crippen molar-refractivity contribution in [3.05, 3.63) is 72.6 Å². The SMILES string of the molecule is Cc1cc(OCCNc2ccnnc2)cc(OS(=O)(=O)c2ccccc2)c1. The molecule has 1 aromatic heterocycles. The number of anilines is 1. The number of ether oxygens (including phenoxy) is 1. The van der Waals surface area contributed by atoms with E-state index in [-0.39, 0.29) is 10.6 Å². The van der Waals surface area contributed by atoms with E-state index in [1.54, 1.807) is 48.8 Å². The van der Waals surface area contributed by atoms with Gasteiger partial charge in [-0.25, -0.2) is 0 Å². The number of nitrogens with zero attached hydrogens (tertiary/aromatic N) is 2. The second-order valence-corrected chi connectivity index (χ2v) is 7.28. The van der Waals surface area contributed by atoms with Crippen LogP contribution in [0.5, 0.6) is 11.5 Å². The molecule has 0 amide bonds. The molecule has 0 aliphatic rings. The normalized spacial score (nSPS) is 11.0. The quantitative estimate of drug-likeness (QED) is 0.471. The number of aryl methyl sites for hydroxylation is 1. The number of rotatable bonds is 8. The molecule has 2 aromatic carbocycles. The first-order chi connectivity index (χ1) is 13.0. The summed E-state index contributed by atoms with van der Waals surface area (Å²) in [5.41, 5.74) is 1.67. The van der Waals surface area contributed by atoms with Crippen LogP contribution in [0.1, 0.15) is 5.56 Å². The number of aromatic nitrogens is 2. The van der Waals surface area contributed by atoms with Gasteiger partial charge >= 0.3 is 10.1 Å². The molecular formula is C19H19N3O4S. The Kier molecular flexibility index (Phi) is 5.87. The molecule has 0 bridgehead atoms. The Morgan fingerprint density at radius 1 is 1.00 bits per heavy atom. The molecule has 3 aromatic rings. The minimum atomic E-state index is -3.89. The van der Waals surface area contributed by atoms with Crippen molar-refractivity contribution in [1.82, 2.24) is 10.2 Å². The van der Waals surface area contributed by atoms with Gasteiger partial charge in [0.05, 0.1) is 18.1 Å². The van der Waals surface area contributed by atoms with Crippen LogP contribution in [0.3, 0.4) is 0 Å². The maximum absolute atomic E-state index is 12.4. The van der Waals surface area contributed by atoms with Crippen molar-refractivity contribution >= 4 is 15.8 Å². The lowest BCUT2D eigenvalue weighted by Crippen LogP contribution is -2.12. The highest BCUT2D eigenvalue weighted by molar-refractivity contribution is 7.87. The van der Waals surface area contributed by atoms with Crippen molar-refractivity contribution in [3.8, 4) is 11.5 Å². The minimum absolute atomic E-state index is 0.101. The third kappa shape index (κ3) is 5.42. The maximum atomic E-state index is 12.4. The van der Waals surface area contributed by atoms with Crippen LogP contribution in [0.25, 0.3) is 0 Å². The summed E-state index contributed by atoms with van der Waals surface area (Å²) in [6.07, 6.45) is 3.22. The summed E-state index contributed by atoms with van der Waals surface area (Å²) in [5, 5.41) is 10.6. The second kappa shape index (κ2) is 8.50. The summed E-state index contributed by atoms with van der Waals surface area (Å²) in [6, 6.07) is 14.8. The molecule has 7 nitrogen and oxygen atoms in total. The van der Waals surface area contributed by atoms with Gasteiger partial charge in [-0.2, -0.15) is 18.6 Å². The average molecular weight is 385 g/mol. The monoisotopic (exact) mass is 385 g/mol. The van der Waals surface area contributed by atoms with Crippen LogP contribution in [-0.2, 0) is 10.1 Å². The van der Waals surface area contributed by atoms with Crippen LogP contribution < -0.4 is 14.2 Å². The highest BCUT2D eigenvalue weighted by atomic mass is 32.2. The van der Waals surface area contributed by atoms with Gasteiger partial charge in [0.1, 0.15) is 23.0 Å². The van der Waals surface area contributed by atoms with E-state index in [0.29, 0.717) is 18.9 Å². The first kappa shape index (κ1) is 18.7. The molecule has 8 heteroatoms. The van der Waals surface area contributed by atoms with Crippen LogP contribution in [0.2, 0.25) is 0 Å². The molecule has 0 radical (unpaired) electrons. The van der Waals surface area contributed by atoms with Gasteiger partial charge < -0.3 is 14.2 Å². The Morgan fingerprint density at radius 2 is 1.78 bits per heavy atom. The molecule has 0 aliphatic carbocycles. The lowest BCUT2D eigenvalue weighted by Gasteiger charge is -2.12. The Hall–Kier alpha value is -3.13. The molecular weight excluding hydrogens is 366 g/mol. The highest BCUT2D eigenvalue weighted by Crippen LogP contribution is 2.25. The van der Waals surface area contributed by atoms with Gasteiger partial charge in [0, 0.05) is 12.6 Å². The third-order valence-electron chi connectivity index (χ3n) is 3.55. The minimum Gasteiger partial charge on any atom is -0.492 e. The molecule has 0 aliphatic heterocycles. The summed E-state index contributed by atoms with van der Waals surface area (Å²) in [6.45, 7) is 2.78. The van der Waals surface area contributed by atoms with Crippen LogP contribution in [0.15, 0.2) is 71.9 Å². The zero-order valence-corrected chi connectivity index (χ0v) is 15.5. The maximum Gasteiger partial charge on any atom is 0.339 e. The van der Waals surface area contributed by atoms with Crippen molar-refractivity contribution in [2.45, 2.75) is 11.8 Å². The topological polar surface area (TPSA) is 90.4 Å². The fourth-order valence-corrected chi connectivity index (χ4v) is 3.30. The first-order valence-corrected chi connectivity index (χ1v) is 9.68. The van der Waals surface area contributed by atoms with E-state index in [9.17, 15) is 8.42 Å². The van der Waals surface area contributed by atoms with Crippen LogP contribution in [0.4, 0.5) is 5.69 Å². The number of benzene rings is 2. The number of nitrogens with one attached hydrogen (secondary N) is 1. The summed E-state index contributed by atoms with van der Waals surface area (Å²) < 4.78 is 35.7. The lowest BCUT2D eigenvalue weighted by atomic mass is 10.2. The van der Waals surface area contributed by atoms with E-state index in [0.717, 1.165) is 11.3 Å². The van der Waals surface area contributed by atoms with E-state index < -0.39 is 10.1 Å². The predicted octanol–water partition coefficient (Wildman–Crippen LogP) is 3.04. The molecule has 0 unspecified atom stereocenters. The van der Waals surface area contributed by atoms with E-state index in [2.05, 4.69) is 15.5 Å². The first-order valence-electron chi connectivity index (χ1n) is 8.27. The fourth-order valence-electron chi connectivity index (χ4n) is 2.37. The number of hydrogen-bond donors (Lipinski definition) is 1. The van der Waals surface area contributed by atoms with Crippen LogP contribution >= 0.6 is 0 Å². The Balaban J connectivity index is 1.62. The van der Waals surface area contributed by atoms with Gasteiger partial charge in [-0.3, -0.25) is 0 Å². The van der Waals surface area contributed by atoms with Crippen molar-refractivity contribution in [2.75, 3.05) is 18.5 Å². The van der Waals surface area contributed by atoms with Gasteiger partial charge in [0.25, 0.3) is 0 Å². The zero-order chi connectivity index (χ0) is 19.1. The summed E-state index contributed by atoms with van der Waals surface area (Å²) in [4.78, 5) is 0.101. The Morgan fingerprint density at radius 3 is 2.52 bits per heavy atom. The average Bonchev–Trinajstić information content (AvgIpc) is 2.66. The highest BCUT2D eigenvalue weighted by Gasteiger charge is 2.16. The fraction of sp³-hybridized carbons (Fsp3) is 0.158. The molecule has 1 N–H and O–H groups in total. The summed E-state index contributed by atoms with van der Waals surface area (Å²) >= 11 is 0. The third-order valence-corrected chi connectivity index (χ3v) is 4.81. The molecule has 3 rings (SSSR count). The van der Waals surface area contributed by atoms with Crippen LogP contribution in [-0.4, -0.2) is 31.8 Å². The molecule has 0 saturated heterocycles. The van der Waals surface area contributed by atoms with E-state index >= 15 is 0 Å². The molecule has 0 atom stereocenters. The van der Waals surface area contributed by atoms with Gasteiger partial charge in [-0.1, -0.05) is 18.2 Å². The largest absolute Gasteiger partial charge is 0.492 e. The molecule has 0 spiro atoms. The van der Waals surface area contributed by atoms with Gasteiger partial charge in [0.15, 0.2) is 0 Å². The van der Waals surface area contributed by atoms with Gasteiger partial charge in [0.2, 0.25) is 0 Å². The second-order valence-electron chi connectivity index (χ2n) is 5.74. The van der Waals surface area contributed by atoms with E-state index in [1.807, 2.05) is 13.0 Å². The van der Waals surface area contributed by atoms with E-state index in [1.165, 1.54) is 12.1 Å². The van der Waals surface area contributed by atoms with Crippen molar-refractivity contribution in [1.29, 1.82) is 0 Å². The number of hydrogen-bond acceptors (Lipinski definition) is 7. The summed E-state index contributed by atoms with van der Waals surface area (Å²) in [7, 11) is -3.89. The lowest BCUT2D eigenvalue weighted by molar-refractivity contribution is 0.331. The Bertz CT molecular complexity index is 980. The van der Waals surface area contributed by atoms with Crippen molar-refractivity contribution < 1.29 is 17.3 Å². The zero-order valence-electron chi connectivity index (χ0n) is 14.7. The standard InChI is InChI=1S/C19H19N3O4S/c1-15-11-17(25-10-9-20-16-7-8-21-22-14-16)13-18(12-15)26-27(23,24)19-5-3-2-4-6-19/h2-8,11-14H,9-10H2,1H3,(H,20,21).